The first kappa shape index (κ1) is 12.1. The van der Waals surface area contributed by atoms with Gasteiger partial charge < -0.3 is 5.32 Å². The Kier molecular flexibility index (Phi) is 3.50. The van der Waals surface area contributed by atoms with Crippen LogP contribution in [0.15, 0.2) is 0 Å². The number of carbonyl (C=O) groups excluding carboxylic acids is 1. The molecule has 1 amide bonds. The summed E-state index contributed by atoms with van der Waals surface area (Å²) < 4.78 is 1.93. The van der Waals surface area contributed by atoms with Crippen molar-refractivity contribution in [3.8, 4) is 0 Å². The lowest BCUT2D eigenvalue weighted by molar-refractivity contribution is -0.119. The molecule has 17 heavy (non-hydrogen) atoms. The molecule has 1 aromatic rings. The first-order chi connectivity index (χ1) is 8.13. The van der Waals surface area contributed by atoms with Crippen molar-refractivity contribution in [1.82, 2.24) is 9.78 Å². The molecule has 0 spiro atoms. The van der Waals surface area contributed by atoms with E-state index in [1.54, 1.807) is 0 Å². The Morgan fingerprint density at radius 3 is 2.59 bits per heavy atom. The van der Waals surface area contributed by atoms with E-state index >= 15 is 0 Å². The van der Waals surface area contributed by atoms with Crippen LogP contribution in [0.2, 0.25) is 0 Å². The molecule has 2 rings (SSSR count). The first-order valence-electron chi connectivity index (χ1n) is 6.48. The van der Waals surface area contributed by atoms with Crippen molar-refractivity contribution in [3.05, 3.63) is 11.4 Å². The summed E-state index contributed by atoms with van der Waals surface area (Å²) in [6, 6.07) is 0. The highest BCUT2D eigenvalue weighted by atomic mass is 16.1. The molecule has 1 N–H and O–H groups in total. The fraction of sp³-hybridized carbons (Fsp3) is 0.692. The molecule has 0 unspecified atom stereocenters. The third kappa shape index (κ3) is 2.35. The van der Waals surface area contributed by atoms with E-state index in [0.29, 0.717) is 0 Å². The van der Waals surface area contributed by atoms with E-state index in [1.165, 1.54) is 12.8 Å². The van der Waals surface area contributed by atoms with E-state index in [-0.39, 0.29) is 11.8 Å². The van der Waals surface area contributed by atoms with Crippen molar-refractivity contribution in [2.24, 2.45) is 5.92 Å². The number of amides is 1. The summed E-state index contributed by atoms with van der Waals surface area (Å²) in [5.41, 5.74) is 2.87. The summed E-state index contributed by atoms with van der Waals surface area (Å²) >= 11 is 0. The number of carbonyl (C=O) groups is 1. The van der Waals surface area contributed by atoms with E-state index in [4.69, 9.17) is 0 Å². The number of rotatable bonds is 3. The van der Waals surface area contributed by atoms with Gasteiger partial charge in [0.1, 0.15) is 0 Å². The number of aryl methyl sites for hydroxylation is 2. The maximum absolute atomic E-state index is 12.1. The minimum absolute atomic E-state index is 0.171. The fourth-order valence-electron chi connectivity index (χ4n) is 2.60. The Hall–Kier alpha value is -1.32. The van der Waals surface area contributed by atoms with Gasteiger partial charge in [-0.3, -0.25) is 9.48 Å². The summed E-state index contributed by atoms with van der Waals surface area (Å²) in [5, 5.41) is 7.46. The van der Waals surface area contributed by atoms with Crippen LogP contribution in [-0.2, 0) is 11.3 Å². The molecule has 1 heterocycles. The Morgan fingerprint density at radius 1 is 1.41 bits per heavy atom. The average Bonchev–Trinajstić information content (AvgIpc) is 2.92. The van der Waals surface area contributed by atoms with Crippen LogP contribution in [0.1, 0.15) is 44.0 Å². The summed E-state index contributed by atoms with van der Waals surface area (Å²) in [5.74, 6) is 0.378. The monoisotopic (exact) mass is 235 g/mol. The van der Waals surface area contributed by atoms with Gasteiger partial charge in [-0.25, -0.2) is 0 Å². The third-order valence-corrected chi connectivity index (χ3v) is 3.66. The molecule has 1 fully saturated rings. The van der Waals surface area contributed by atoms with Crippen LogP contribution < -0.4 is 5.32 Å². The lowest BCUT2D eigenvalue weighted by Gasteiger charge is -2.10. The molecule has 0 atom stereocenters. The number of hydrogen-bond acceptors (Lipinski definition) is 2. The van der Waals surface area contributed by atoms with E-state index in [9.17, 15) is 4.79 Å². The van der Waals surface area contributed by atoms with Gasteiger partial charge in [-0.15, -0.1) is 0 Å². The summed E-state index contributed by atoms with van der Waals surface area (Å²) in [4.78, 5) is 12.1. The number of aromatic nitrogens is 2. The van der Waals surface area contributed by atoms with Crippen LogP contribution in [0.5, 0.6) is 0 Å². The second-order valence-electron chi connectivity index (χ2n) is 4.83. The summed E-state index contributed by atoms with van der Waals surface area (Å²) in [6.07, 6.45) is 4.44. The zero-order valence-electron chi connectivity index (χ0n) is 10.9. The molecule has 0 radical (unpaired) electrons. The lowest BCUT2D eigenvalue weighted by Crippen LogP contribution is -2.21. The highest BCUT2D eigenvalue weighted by Gasteiger charge is 2.24. The minimum atomic E-state index is 0.171. The van der Waals surface area contributed by atoms with E-state index in [2.05, 4.69) is 17.3 Å². The molecule has 1 aliphatic rings. The van der Waals surface area contributed by atoms with Gasteiger partial charge in [-0.1, -0.05) is 12.8 Å². The topological polar surface area (TPSA) is 46.9 Å². The Bertz CT molecular complexity index is 417. The highest BCUT2D eigenvalue weighted by molar-refractivity contribution is 5.93. The molecule has 4 nitrogen and oxygen atoms in total. The molecule has 1 saturated carbocycles. The zero-order valence-corrected chi connectivity index (χ0v) is 10.9. The molecule has 0 bridgehead atoms. The average molecular weight is 235 g/mol. The van der Waals surface area contributed by atoms with Gasteiger partial charge in [0.05, 0.1) is 17.1 Å². The van der Waals surface area contributed by atoms with Gasteiger partial charge in [0.15, 0.2) is 0 Å². The second kappa shape index (κ2) is 4.90. The second-order valence-corrected chi connectivity index (χ2v) is 4.83. The van der Waals surface area contributed by atoms with Crippen LogP contribution in [0.3, 0.4) is 0 Å². The van der Waals surface area contributed by atoms with E-state index in [0.717, 1.165) is 36.5 Å². The zero-order chi connectivity index (χ0) is 12.4. The largest absolute Gasteiger partial charge is 0.323 e. The maximum Gasteiger partial charge on any atom is 0.227 e. The molecular formula is C13H21N3O. The normalized spacial score (nSPS) is 16.4. The number of anilines is 1. The van der Waals surface area contributed by atoms with Crippen LogP contribution in [0.4, 0.5) is 5.69 Å². The first-order valence-corrected chi connectivity index (χ1v) is 6.48. The summed E-state index contributed by atoms with van der Waals surface area (Å²) in [7, 11) is 0. The quantitative estimate of drug-likeness (QED) is 0.875. The van der Waals surface area contributed by atoms with Crippen LogP contribution >= 0.6 is 0 Å². The fourth-order valence-corrected chi connectivity index (χ4v) is 2.60. The third-order valence-electron chi connectivity index (χ3n) is 3.66. The van der Waals surface area contributed by atoms with Gasteiger partial charge in [0.2, 0.25) is 5.91 Å². The maximum atomic E-state index is 12.1. The predicted octanol–water partition coefficient (Wildman–Crippen LogP) is 2.65. The number of nitrogens with one attached hydrogen (secondary N) is 1. The van der Waals surface area contributed by atoms with Gasteiger partial charge in [-0.2, -0.15) is 5.10 Å². The molecular weight excluding hydrogens is 214 g/mol. The molecule has 1 aromatic heterocycles. The number of nitrogens with zero attached hydrogens (tertiary/aromatic N) is 2. The smallest absolute Gasteiger partial charge is 0.227 e. The van der Waals surface area contributed by atoms with Gasteiger partial charge in [0.25, 0.3) is 0 Å². The van der Waals surface area contributed by atoms with Crippen LogP contribution in [-0.4, -0.2) is 15.7 Å². The van der Waals surface area contributed by atoms with E-state index in [1.807, 2.05) is 18.5 Å². The Morgan fingerprint density at radius 2 is 2.06 bits per heavy atom. The Balaban J connectivity index is 2.12. The van der Waals surface area contributed by atoms with Crippen molar-refractivity contribution in [1.29, 1.82) is 0 Å². The molecule has 0 saturated heterocycles. The molecule has 94 valence electrons. The van der Waals surface area contributed by atoms with Gasteiger partial charge in [-0.05, 0) is 33.6 Å². The van der Waals surface area contributed by atoms with Crippen molar-refractivity contribution >= 4 is 11.6 Å². The number of hydrogen-bond donors (Lipinski definition) is 1. The summed E-state index contributed by atoms with van der Waals surface area (Å²) in [6.45, 7) is 6.85. The van der Waals surface area contributed by atoms with Gasteiger partial charge in [0, 0.05) is 12.5 Å². The van der Waals surface area contributed by atoms with Crippen molar-refractivity contribution in [3.63, 3.8) is 0 Å². The molecule has 0 aliphatic heterocycles. The molecule has 0 aromatic carbocycles. The van der Waals surface area contributed by atoms with Crippen LogP contribution in [0.25, 0.3) is 0 Å². The van der Waals surface area contributed by atoms with Crippen molar-refractivity contribution in [2.45, 2.75) is 53.0 Å². The lowest BCUT2D eigenvalue weighted by atomic mass is 10.1. The van der Waals surface area contributed by atoms with Crippen molar-refractivity contribution < 1.29 is 4.79 Å². The highest BCUT2D eigenvalue weighted by Crippen LogP contribution is 2.27. The minimum Gasteiger partial charge on any atom is -0.323 e. The molecule has 4 heteroatoms. The SMILES string of the molecule is CCn1nc(C)c(NC(=O)C2CCCC2)c1C. The van der Waals surface area contributed by atoms with Crippen molar-refractivity contribution in [2.75, 3.05) is 5.32 Å². The Labute approximate surface area is 102 Å². The van der Waals surface area contributed by atoms with Gasteiger partial charge >= 0.3 is 0 Å². The van der Waals surface area contributed by atoms with E-state index < -0.39 is 0 Å². The molecule has 1 aliphatic carbocycles. The predicted molar refractivity (Wildman–Crippen MR) is 68.0 cm³/mol. The standard InChI is InChI=1S/C13H21N3O/c1-4-16-10(3)12(9(2)15-16)14-13(17)11-7-5-6-8-11/h11H,4-8H2,1-3H3,(H,14,17). The van der Waals surface area contributed by atoms with Crippen LogP contribution in [0, 0.1) is 19.8 Å².